The van der Waals surface area contributed by atoms with Gasteiger partial charge < -0.3 is 4.98 Å². The molecule has 2 aliphatic rings. The van der Waals surface area contributed by atoms with E-state index >= 15 is 0 Å². The summed E-state index contributed by atoms with van der Waals surface area (Å²) in [6.45, 7) is 2.11. The summed E-state index contributed by atoms with van der Waals surface area (Å²) in [5, 5.41) is 0. The summed E-state index contributed by atoms with van der Waals surface area (Å²) in [6, 6.07) is 11.1. The van der Waals surface area contributed by atoms with E-state index in [2.05, 4.69) is 39.3 Å². The minimum Gasteiger partial charge on any atom is -0.360 e. The van der Waals surface area contributed by atoms with Crippen LogP contribution in [0.1, 0.15) is 12.0 Å². The highest BCUT2D eigenvalue weighted by Crippen LogP contribution is 2.40. The molecule has 134 valence electrons. The Morgan fingerprint density at radius 3 is 2.67 bits per heavy atom. The van der Waals surface area contributed by atoms with E-state index in [0.717, 1.165) is 41.9 Å². The number of pyridine rings is 1. The second-order valence-electron chi connectivity index (χ2n) is 7.05. The van der Waals surface area contributed by atoms with Crippen LogP contribution in [0, 0.1) is 5.82 Å². The van der Waals surface area contributed by atoms with Crippen molar-refractivity contribution in [1.82, 2.24) is 14.9 Å². The average molecular weight is 357 g/mol. The van der Waals surface area contributed by atoms with Gasteiger partial charge in [0, 0.05) is 48.8 Å². The van der Waals surface area contributed by atoms with Gasteiger partial charge in [0.05, 0.1) is 5.69 Å². The van der Waals surface area contributed by atoms with Crippen LogP contribution in [-0.2, 0) is 0 Å². The van der Waals surface area contributed by atoms with Gasteiger partial charge in [0.2, 0.25) is 0 Å². The van der Waals surface area contributed by atoms with Gasteiger partial charge in [0.1, 0.15) is 5.82 Å². The summed E-state index contributed by atoms with van der Waals surface area (Å²) in [7, 11) is 0. The van der Waals surface area contributed by atoms with E-state index in [0.29, 0.717) is 6.04 Å². The first kappa shape index (κ1) is 16.2. The number of aromatic amines is 1. The lowest BCUT2D eigenvalue weighted by Gasteiger charge is -2.28. The summed E-state index contributed by atoms with van der Waals surface area (Å²) in [4.78, 5) is 10.1. The van der Waals surface area contributed by atoms with Crippen LogP contribution < -0.4 is 0 Å². The summed E-state index contributed by atoms with van der Waals surface area (Å²) in [5.41, 5.74) is 6.85. The van der Waals surface area contributed by atoms with Gasteiger partial charge in [-0.25, -0.2) is 4.39 Å². The molecule has 2 aromatic heterocycles. The molecule has 0 radical (unpaired) electrons. The van der Waals surface area contributed by atoms with Gasteiger partial charge in [-0.3, -0.25) is 9.88 Å². The number of hydrogen-bond acceptors (Lipinski definition) is 2. The Labute approximate surface area is 157 Å². The predicted octanol–water partition coefficient (Wildman–Crippen LogP) is 4.91. The number of fused-ring (bicyclic) bond motifs is 1. The van der Waals surface area contributed by atoms with Crippen molar-refractivity contribution in [2.75, 3.05) is 13.1 Å². The Morgan fingerprint density at radius 2 is 1.85 bits per heavy atom. The molecule has 0 spiro atoms. The van der Waals surface area contributed by atoms with Crippen LogP contribution in [-0.4, -0.2) is 34.0 Å². The fourth-order valence-electron chi connectivity index (χ4n) is 4.10. The third-order valence-electron chi connectivity index (χ3n) is 5.46. The molecule has 0 fully saturated rings. The van der Waals surface area contributed by atoms with Crippen LogP contribution in [0.25, 0.3) is 28.0 Å². The minimum absolute atomic E-state index is 0.223. The van der Waals surface area contributed by atoms with Crippen molar-refractivity contribution >= 4 is 5.57 Å². The van der Waals surface area contributed by atoms with E-state index in [9.17, 15) is 4.39 Å². The van der Waals surface area contributed by atoms with Gasteiger partial charge in [-0.05, 0) is 59.5 Å². The van der Waals surface area contributed by atoms with Gasteiger partial charge in [-0.15, -0.1) is 0 Å². The van der Waals surface area contributed by atoms with Crippen molar-refractivity contribution in [1.29, 1.82) is 0 Å². The zero-order valence-electron chi connectivity index (χ0n) is 14.9. The molecule has 1 N–H and O–H groups in total. The highest BCUT2D eigenvalue weighted by atomic mass is 19.1. The van der Waals surface area contributed by atoms with Crippen molar-refractivity contribution in [3.8, 4) is 22.4 Å². The number of halogens is 1. The van der Waals surface area contributed by atoms with E-state index in [1.165, 1.54) is 23.3 Å². The third kappa shape index (κ3) is 2.92. The maximum absolute atomic E-state index is 13.4. The van der Waals surface area contributed by atoms with E-state index in [1.807, 2.05) is 36.7 Å². The first-order valence-corrected chi connectivity index (χ1v) is 9.29. The Kier molecular flexibility index (Phi) is 3.98. The first-order valence-electron chi connectivity index (χ1n) is 9.29. The smallest absolute Gasteiger partial charge is 0.123 e. The van der Waals surface area contributed by atoms with Gasteiger partial charge in [0.15, 0.2) is 0 Å². The molecule has 27 heavy (non-hydrogen) atoms. The van der Waals surface area contributed by atoms with Gasteiger partial charge >= 0.3 is 0 Å². The fourth-order valence-corrected chi connectivity index (χ4v) is 4.10. The van der Waals surface area contributed by atoms with Crippen LogP contribution in [0.5, 0.6) is 0 Å². The molecule has 0 saturated heterocycles. The maximum Gasteiger partial charge on any atom is 0.123 e. The Morgan fingerprint density at radius 1 is 1.04 bits per heavy atom. The second-order valence-corrected chi connectivity index (χ2v) is 7.05. The van der Waals surface area contributed by atoms with E-state index < -0.39 is 0 Å². The first-order chi connectivity index (χ1) is 13.3. The zero-order valence-corrected chi connectivity index (χ0v) is 14.9. The molecule has 0 amide bonds. The van der Waals surface area contributed by atoms with E-state index in [4.69, 9.17) is 0 Å². The zero-order chi connectivity index (χ0) is 18.2. The standard InChI is InChI=1S/C23H20FN3/c24-19-5-3-17(4-6-19)23-22(16-7-10-25-11-8-16)21(15-26-23)18-9-13-27-12-1-2-20(27)14-18/h1-8,10-11,14-15,20,26H,9,12-13H2. The summed E-state index contributed by atoms with van der Waals surface area (Å²) in [5.74, 6) is -0.223. The number of hydrogen-bond donors (Lipinski definition) is 1. The number of nitrogens with zero attached hydrogens (tertiary/aromatic N) is 2. The number of benzene rings is 1. The number of H-pyrrole nitrogens is 1. The molecule has 2 aliphatic heterocycles. The lowest BCUT2D eigenvalue weighted by Crippen LogP contribution is -2.32. The molecule has 5 rings (SSSR count). The molecule has 0 saturated carbocycles. The topological polar surface area (TPSA) is 31.9 Å². The highest BCUT2D eigenvalue weighted by Gasteiger charge is 2.25. The number of nitrogens with one attached hydrogen (secondary N) is 1. The monoisotopic (exact) mass is 357 g/mol. The summed E-state index contributed by atoms with van der Waals surface area (Å²) < 4.78 is 13.4. The van der Waals surface area contributed by atoms with Crippen LogP contribution in [0.2, 0.25) is 0 Å². The molecule has 4 heterocycles. The van der Waals surface area contributed by atoms with Crippen LogP contribution in [0.15, 0.2) is 73.2 Å². The molecular weight excluding hydrogens is 337 g/mol. The van der Waals surface area contributed by atoms with Crippen LogP contribution in [0.3, 0.4) is 0 Å². The molecule has 1 atom stereocenters. The van der Waals surface area contributed by atoms with Gasteiger partial charge in [0.25, 0.3) is 0 Å². The van der Waals surface area contributed by atoms with Crippen LogP contribution in [0.4, 0.5) is 4.39 Å². The number of rotatable bonds is 3. The SMILES string of the molecule is Fc1ccc(-c2[nH]cc(C3=CC4C=CCN4CC3)c2-c2ccncc2)cc1. The minimum atomic E-state index is -0.223. The molecule has 0 aliphatic carbocycles. The molecule has 1 aromatic carbocycles. The normalized spacial score (nSPS) is 19.1. The van der Waals surface area contributed by atoms with E-state index in [1.54, 1.807) is 0 Å². The number of aromatic nitrogens is 2. The molecular formula is C23H20FN3. The lowest BCUT2D eigenvalue weighted by atomic mass is 9.91. The Balaban J connectivity index is 1.66. The quantitative estimate of drug-likeness (QED) is 0.676. The van der Waals surface area contributed by atoms with Crippen molar-refractivity contribution in [3.63, 3.8) is 0 Å². The van der Waals surface area contributed by atoms with Crippen molar-refractivity contribution in [2.24, 2.45) is 0 Å². The van der Waals surface area contributed by atoms with Crippen molar-refractivity contribution in [2.45, 2.75) is 12.5 Å². The highest BCUT2D eigenvalue weighted by molar-refractivity contribution is 5.91. The average Bonchev–Trinajstić information content (AvgIpc) is 3.35. The molecule has 0 bridgehead atoms. The van der Waals surface area contributed by atoms with Crippen molar-refractivity contribution in [3.05, 3.63) is 84.6 Å². The van der Waals surface area contributed by atoms with Crippen molar-refractivity contribution < 1.29 is 4.39 Å². The molecule has 4 heteroatoms. The lowest BCUT2D eigenvalue weighted by molar-refractivity contribution is 0.304. The molecule has 3 aromatic rings. The van der Waals surface area contributed by atoms with Crippen LogP contribution >= 0.6 is 0 Å². The second kappa shape index (κ2) is 6.63. The molecule has 3 nitrogen and oxygen atoms in total. The van der Waals surface area contributed by atoms with Gasteiger partial charge in [-0.2, -0.15) is 0 Å². The third-order valence-corrected chi connectivity index (χ3v) is 5.46. The fraction of sp³-hybridized carbons (Fsp3) is 0.174. The maximum atomic E-state index is 13.4. The van der Waals surface area contributed by atoms with Gasteiger partial charge in [-0.1, -0.05) is 18.2 Å². The largest absolute Gasteiger partial charge is 0.360 e. The Hall–Kier alpha value is -2.98. The Bertz CT molecular complexity index is 1020. The van der Waals surface area contributed by atoms with E-state index in [-0.39, 0.29) is 5.82 Å². The summed E-state index contributed by atoms with van der Waals surface area (Å²) >= 11 is 0. The molecule has 1 unspecified atom stereocenters. The predicted molar refractivity (Wildman–Crippen MR) is 107 cm³/mol. The summed E-state index contributed by atoms with van der Waals surface area (Å²) in [6.07, 6.45) is 13.6.